The molecule has 1 saturated heterocycles. The average Bonchev–Trinajstić information content (AvgIpc) is 3.16. The number of hydrazone groups is 1. The van der Waals surface area contributed by atoms with Crippen molar-refractivity contribution in [3.63, 3.8) is 0 Å². The smallest absolute Gasteiger partial charge is 0.259 e. The van der Waals surface area contributed by atoms with Crippen LogP contribution in [0.25, 0.3) is 10.9 Å². The lowest BCUT2D eigenvalue weighted by Crippen LogP contribution is -2.22. The molecule has 130 valence electrons. The number of para-hydroxylation sites is 1. The largest absolute Gasteiger partial charge is 0.342 e. The van der Waals surface area contributed by atoms with E-state index in [9.17, 15) is 4.79 Å². The Morgan fingerprint density at radius 1 is 1.19 bits per heavy atom. The standard InChI is InChI=1S/C19H14ClN3OS2/c20-16-7-3-1-5-13(16)10-22-11-14(15-6-2-4-8-17(15)22)9-21-23-18(24)12-26-19(23)25/h1-9,11H,10,12H2/b21-9+. The highest BCUT2D eigenvalue weighted by atomic mass is 35.5. The Kier molecular flexibility index (Phi) is 4.80. The van der Waals surface area contributed by atoms with Gasteiger partial charge in [-0.1, -0.05) is 72.0 Å². The molecular formula is C19H14ClN3OS2. The summed E-state index contributed by atoms with van der Waals surface area (Å²) in [5.74, 6) is 0.265. The van der Waals surface area contributed by atoms with E-state index in [4.69, 9.17) is 23.8 Å². The van der Waals surface area contributed by atoms with Crippen LogP contribution in [-0.4, -0.2) is 31.8 Å². The molecule has 1 amide bonds. The van der Waals surface area contributed by atoms with Crippen LogP contribution in [0.1, 0.15) is 11.1 Å². The van der Waals surface area contributed by atoms with Crippen molar-refractivity contribution >= 4 is 62.9 Å². The van der Waals surface area contributed by atoms with Gasteiger partial charge in [-0.15, -0.1) is 0 Å². The van der Waals surface area contributed by atoms with Gasteiger partial charge in [-0.3, -0.25) is 4.79 Å². The zero-order valence-electron chi connectivity index (χ0n) is 13.6. The number of halogens is 1. The highest BCUT2D eigenvalue weighted by Gasteiger charge is 2.26. The Labute approximate surface area is 165 Å². The molecule has 0 radical (unpaired) electrons. The van der Waals surface area contributed by atoms with Crippen LogP contribution in [0.3, 0.4) is 0 Å². The lowest BCUT2D eigenvalue weighted by molar-refractivity contribution is -0.123. The zero-order valence-corrected chi connectivity index (χ0v) is 16.0. The number of amides is 1. The van der Waals surface area contributed by atoms with Crippen LogP contribution < -0.4 is 0 Å². The van der Waals surface area contributed by atoms with Gasteiger partial charge in [0.15, 0.2) is 4.32 Å². The fourth-order valence-corrected chi connectivity index (χ4v) is 4.06. The summed E-state index contributed by atoms with van der Waals surface area (Å²) in [7, 11) is 0. The predicted octanol–water partition coefficient (Wildman–Crippen LogP) is 4.54. The molecule has 4 rings (SSSR count). The lowest BCUT2D eigenvalue weighted by Gasteiger charge is -2.07. The summed E-state index contributed by atoms with van der Waals surface area (Å²) in [6.45, 7) is 0.658. The summed E-state index contributed by atoms with van der Waals surface area (Å²) in [6.07, 6.45) is 3.72. The van der Waals surface area contributed by atoms with Gasteiger partial charge in [0.05, 0.1) is 12.0 Å². The van der Waals surface area contributed by atoms with E-state index < -0.39 is 0 Å². The minimum absolute atomic E-state index is 0.0870. The van der Waals surface area contributed by atoms with Crippen molar-refractivity contribution in [3.05, 3.63) is 70.9 Å². The quantitative estimate of drug-likeness (QED) is 0.477. The third-order valence-corrected chi connectivity index (χ3v) is 5.86. The maximum absolute atomic E-state index is 11.8. The van der Waals surface area contributed by atoms with Gasteiger partial charge in [0.25, 0.3) is 5.91 Å². The molecule has 2 aromatic carbocycles. The third-order valence-electron chi connectivity index (χ3n) is 4.16. The van der Waals surface area contributed by atoms with Crippen molar-refractivity contribution in [2.45, 2.75) is 6.54 Å². The van der Waals surface area contributed by atoms with E-state index in [1.54, 1.807) is 6.21 Å². The molecule has 7 heteroatoms. The van der Waals surface area contributed by atoms with E-state index in [1.165, 1.54) is 16.8 Å². The average molecular weight is 400 g/mol. The summed E-state index contributed by atoms with van der Waals surface area (Å²) in [4.78, 5) is 11.8. The molecule has 0 saturated carbocycles. The van der Waals surface area contributed by atoms with Crippen LogP contribution in [0.5, 0.6) is 0 Å². The van der Waals surface area contributed by atoms with E-state index in [2.05, 4.69) is 15.7 Å². The van der Waals surface area contributed by atoms with E-state index in [0.717, 1.165) is 27.1 Å². The number of fused-ring (bicyclic) bond motifs is 1. The summed E-state index contributed by atoms with van der Waals surface area (Å²) in [5, 5.41) is 7.40. The highest BCUT2D eigenvalue weighted by molar-refractivity contribution is 8.23. The second kappa shape index (κ2) is 7.23. The monoisotopic (exact) mass is 399 g/mol. The van der Waals surface area contributed by atoms with Gasteiger partial charge in [0.2, 0.25) is 0 Å². The van der Waals surface area contributed by atoms with Gasteiger partial charge in [-0.25, -0.2) is 0 Å². The third kappa shape index (κ3) is 3.28. The minimum Gasteiger partial charge on any atom is -0.342 e. The first-order valence-electron chi connectivity index (χ1n) is 7.98. The normalized spacial score (nSPS) is 14.9. The SMILES string of the molecule is O=C1CSC(=S)N1/N=C/c1cn(Cc2ccccc2Cl)c2ccccc12. The van der Waals surface area contributed by atoms with Crippen molar-refractivity contribution < 1.29 is 4.79 Å². The molecule has 0 bridgehead atoms. The number of benzene rings is 2. The van der Waals surface area contributed by atoms with E-state index >= 15 is 0 Å². The fraction of sp³-hybridized carbons (Fsp3) is 0.105. The number of carbonyl (C=O) groups is 1. The van der Waals surface area contributed by atoms with Crippen LogP contribution in [0.2, 0.25) is 5.02 Å². The van der Waals surface area contributed by atoms with Gasteiger partial charge in [-0.2, -0.15) is 10.1 Å². The van der Waals surface area contributed by atoms with Gasteiger partial charge < -0.3 is 4.57 Å². The molecule has 4 nitrogen and oxygen atoms in total. The first kappa shape index (κ1) is 17.3. The maximum atomic E-state index is 11.8. The number of hydrogen-bond donors (Lipinski definition) is 0. The zero-order chi connectivity index (χ0) is 18.1. The van der Waals surface area contributed by atoms with Gasteiger partial charge in [0, 0.05) is 34.2 Å². The van der Waals surface area contributed by atoms with Crippen molar-refractivity contribution in [1.82, 2.24) is 9.58 Å². The lowest BCUT2D eigenvalue weighted by atomic mass is 10.2. The molecule has 1 fully saturated rings. The molecule has 0 unspecified atom stereocenters. The number of thioether (sulfide) groups is 1. The number of rotatable bonds is 4. The number of hydrogen-bond acceptors (Lipinski definition) is 4. The highest BCUT2D eigenvalue weighted by Crippen LogP contribution is 2.24. The maximum Gasteiger partial charge on any atom is 0.259 e. The van der Waals surface area contributed by atoms with Crippen molar-refractivity contribution in [2.75, 3.05) is 5.75 Å². The summed E-state index contributed by atoms with van der Waals surface area (Å²) < 4.78 is 2.63. The Hall–Kier alpha value is -2.15. The van der Waals surface area contributed by atoms with E-state index in [-0.39, 0.29) is 5.91 Å². The van der Waals surface area contributed by atoms with Crippen LogP contribution >= 0.6 is 35.6 Å². The molecule has 1 aliphatic rings. The fourth-order valence-electron chi connectivity index (χ4n) is 2.90. The molecule has 0 atom stereocenters. The molecule has 0 aliphatic carbocycles. The first-order chi connectivity index (χ1) is 12.6. The molecule has 26 heavy (non-hydrogen) atoms. The van der Waals surface area contributed by atoms with E-state index in [1.807, 2.05) is 48.7 Å². The van der Waals surface area contributed by atoms with Crippen LogP contribution in [0.15, 0.2) is 59.8 Å². The second-order valence-corrected chi connectivity index (χ2v) is 7.84. The Bertz CT molecular complexity index is 1030. The number of carbonyl (C=O) groups excluding carboxylic acids is 1. The molecule has 3 aromatic rings. The van der Waals surface area contributed by atoms with Crippen molar-refractivity contribution in [3.8, 4) is 0 Å². The number of thiocarbonyl (C=S) groups is 1. The second-order valence-electron chi connectivity index (χ2n) is 5.83. The predicted molar refractivity (Wildman–Crippen MR) is 112 cm³/mol. The Balaban J connectivity index is 1.71. The summed E-state index contributed by atoms with van der Waals surface area (Å²) in [6, 6.07) is 15.9. The van der Waals surface area contributed by atoms with Gasteiger partial charge in [0.1, 0.15) is 0 Å². The Morgan fingerprint density at radius 3 is 2.73 bits per heavy atom. The molecule has 1 aliphatic heterocycles. The molecular weight excluding hydrogens is 386 g/mol. The Morgan fingerprint density at radius 2 is 1.96 bits per heavy atom. The summed E-state index contributed by atoms with van der Waals surface area (Å²) >= 11 is 12.8. The minimum atomic E-state index is -0.0870. The molecule has 2 heterocycles. The molecule has 1 aromatic heterocycles. The summed E-state index contributed by atoms with van der Waals surface area (Å²) in [5.41, 5.74) is 3.06. The number of nitrogens with zero attached hydrogens (tertiary/aromatic N) is 3. The van der Waals surface area contributed by atoms with Gasteiger partial charge >= 0.3 is 0 Å². The van der Waals surface area contributed by atoms with Crippen molar-refractivity contribution in [2.24, 2.45) is 5.10 Å². The van der Waals surface area contributed by atoms with Crippen LogP contribution in [-0.2, 0) is 11.3 Å². The molecule has 0 N–H and O–H groups in total. The van der Waals surface area contributed by atoms with Gasteiger partial charge in [-0.05, 0) is 17.7 Å². The van der Waals surface area contributed by atoms with Crippen molar-refractivity contribution in [1.29, 1.82) is 0 Å². The topological polar surface area (TPSA) is 37.6 Å². The van der Waals surface area contributed by atoms with E-state index in [0.29, 0.717) is 16.6 Å². The first-order valence-corrected chi connectivity index (χ1v) is 9.75. The molecule has 0 spiro atoms. The number of aromatic nitrogens is 1. The van der Waals surface area contributed by atoms with Crippen LogP contribution in [0, 0.1) is 0 Å². The van der Waals surface area contributed by atoms with Crippen LogP contribution in [0.4, 0.5) is 0 Å².